The van der Waals surface area contributed by atoms with Crippen LogP contribution < -0.4 is 15.4 Å². The number of urea groups is 1. The maximum atomic E-state index is 13.1. The Balaban J connectivity index is 1.27. The molecule has 8 nitrogen and oxygen atoms in total. The molecule has 1 saturated heterocycles. The van der Waals surface area contributed by atoms with Crippen molar-refractivity contribution in [2.75, 3.05) is 11.9 Å². The van der Waals surface area contributed by atoms with Crippen LogP contribution in [-0.4, -0.2) is 33.9 Å². The van der Waals surface area contributed by atoms with Gasteiger partial charge in [0, 0.05) is 22.8 Å². The molecule has 0 aliphatic carbocycles. The summed E-state index contributed by atoms with van der Waals surface area (Å²) >= 11 is 0. The number of nitrogens with one attached hydrogen (secondary N) is 2. The first-order chi connectivity index (χ1) is 19.7. The lowest BCUT2D eigenvalue weighted by Gasteiger charge is -2.12. The number of aromatic nitrogens is 1. The normalized spacial score (nSPS) is 14.0. The fraction of sp³-hybridized carbons (Fsp3) is 0.156. The summed E-state index contributed by atoms with van der Waals surface area (Å²) in [5.74, 6) is -0.650. The van der Waals surface area contributed by atoms with Gasteiger partial charge < -0.3 is 19.9 Å². The van der Waals surface area contributed by atoms with E-state index >= 15 is 0 Å². The SMILES string of the molecule is Cc1cccc(NC(=O)CN2C(=O)N/C(=C/c3cc(C)n(-c4ccc(OCc5ccc(F)cc5)cc4)c3C)C2=O)c1. The van der Waals surface area contributed by atoms with Crippen molar-refractivity contribution in [3.63, 3.8) is 0 Å². The smallest absolute Gasteiger partial charge is 0.329 e. The second-order valence-corrected chi connectivity index (χ2v) is 9.87. The van der Waals surface area contributed by atoms with Crippen molar-refractivity contribution < 1.29 is 23.5 Å². The third-order valence-electron chi connectivity index (χ3n) is 6.75. The quantitative estimate of drug-likeness (QED) is 0.218. The summed E-state index contributed by atoms with van der Waals surface area (Å²) < 4.78 is 21.0. The van der Waals surface area contributed by atoms with Crippen molar-refractivity contribution in [2.45, 2.75) is 27.4 Å². The second-order valence-electron chi connectivity index (χ2n) is 9.87. The van der Waals surface area contributed by atoms with Crippen LogP contribution in [0.25, 0.3) is 11.8 Å². The summed E-state index contributed by atoms with van der Waals surface area (Å²) in [6, 6.07) is 22.3. The van der Waals surface area contributed by atoms with Gasteiger partial charge >= 0.3 is 6.03 Å². The lowest BCUT2D eigenvalue weighted by molar-refractivity contribution is -0.127. The molecule has 0 atom stereocenters. The predicted octanol–water partition coefficient (Wildman–Crippen LogP) is 5.65. The topological polar surface area (TPSA) is 92.7 Å². The van der Waals surface area contributed by atoms with Crippen molar-refractivity contribution in [3.05, 3.63) is 118 Å². The van der Waals surface area contributed by atoms with Crippen LogP contribution in [-0.2, 0) is 16.2 Å². The number of rotatable bonds is 8. The molecule has 9 heteroatoms. The van der Waals surface area contributed by atoms with E-state index in [9.17, 15) is 18.8 Å². The molecule has 3 aromatic carbocycles. The van der Waals surface area contributed by atoms with Crippen molar-refractivity contribution >= 4 is 29.6 Å². The molecule has 0 radical (unpaired) electrons. The summed E-state index contributed by atoms with van der Waals surface area (Å²) in [4.78, 5) is 38.9. The zero-order valence-electron chi connectivity index (χ0n) is 22.9. The molecular formula is C32H29FN4O4. The number of ether oxygens (including phenoxy) is 1. The second kappa shape index (κ2) is 11.5. The van der Waals surface area contributed by atoms with Crippen LogP contribution in [0.15, 0.2) is 84.6 Å². The highest BCUT2D eigenvalue weighted by Crippen LogP contribution is 2.26. The average molecular weight is 553 g/mol. The molecule has 0 spiro atoms. The van der Waals surface area contributed by atoms with Gasteiger partial charge in [-0.3, -0.25) is 9.59 Å². The van der Waals surface area contributed by atoms with E-state index in [-0.39, 0.29) is 11.5 Å². The minimum atomic E-state index is -0.648. The highest BCUT2D eigenvalue weighted by atomic mass is 19.1. The van der Waals surface area contributed by atoms with Gasteiger partial charge in [0.05, 0.1) is 0 Å². The Hall–Kier alpha value is -5.18. The molecule has 1 fully saturated rings. The Kier molecular flexibility index (Phi) is 7.69. The van der Waals surface area contributed by atoms with Crippen molar-refractivity contribution in [2.24, 2.45) is 0 Å². The number of carbonyl (C=O) groups is 3. The molecule has 1 aliphatic heterocycles. The lowest BCUT2D eigenvalue weighted by atomic mass is 10.2. The van der Waals surface area contributed by atoms with E-state index in [1.54, 1.807) is 30.3 Å². The van der Waals surface area contributed by atoms with Gasteiger partial charge in [-0.25, -0.2) is 14.1 Å². The standard InChI is InChI=1S/C32H29FN4O4/c1-20-5-4-6-26(15-20)34-30(38)18-36-31(39)29(35-32(36)40)17-24-16-21(2)37(22(24)3)27-11-13-28(14-12-27)41-19-23-7-9-25(33)10-8-23/h4-17H,18-19H2,1-3H3,(H,34,38)(H,35,40)/b29-17+. The number of nitrogens with zero attached hydrogens (tertiary/aromatic N) is 2. The summed E-state index contributed by atoms with van der Waals surface area (Å²) in [7, 11) is 0. The number of imide groups is 1. The van der Waals surface area contributed by atoms with Crippen LogP contribution in [0.5, 0.6) is 5.75 Å². The summed E-state index contributed by atoms with van der Waals surface area (Å²) in [5, 5.41) is 5.30. The molecule has 1 aliphatic rings. The minimum absolute atomic E-state index is 0.100. The van der Waals surface area contributed by atoms with Crippen LogP contribution in [0.2, 0.25) is 0 Å². The number of aryl methyl sites for hydroxylation is 2. The average Bonchev–Trinajstić information content (AvgIpc) is 3.37. The number of amides is 4. The van der Waals surface area contributed by atoms with Crippen LogP contribution in [0, 0.1) is 26.6 Å². The number of carbonyl (C=O) groups excluding carboxylic acids is 3. The van der Waals surface area contributed by atoms with Gasteiger partial charge in [0.1, 0.15) is 30.4 Å². The molecule has 2 N–H and O–H groups in total. The number of hydrogen-bond acceptors (Lipinski definition) is 4. The number of benzene rings is 3. The van der Waals surface area contributed by atoms with Gasteiger partial charge in [-0.1, -0.05) is 24.3 Å². The molecule has 2 heterocycles. The van der Waals surface area contributed by atoms with Gasteiger partial charge in [-0.15, -0.1) is 0 Å². The van der Waals surface area contributed by atoms with Crippen molar-refractivity contribution in [3.8, 4) is 11.4 Å². The van der Waals surface area contributed by atoms with E-state index in [0.717, 1.165) is 38.7 Å². The van der Waals surface area contributed by atoms with Crippen molar-refractivity contribution in [1.29, 1.82) is 0 Å². The monoisotopic (exact) mass is 552 g/mol. The number of hydrogen-bond donors (Lipinski definition) is 2. The van der Waals surface area contributed by atoms with E-state index in [2.05, 4.69) is 10.6 Å². The molecule has 0 saturated carbocycles. The van der Waals surface area contributed by atoms with Gasteiger partial charge in [0.2, 0.25) is 5.91 Å². The molecule has 4 aromatic rings. The first kappa shape index (κ1) is 27.4. The third kappa shape index (κ3) is 6.19. The van der Waals surface area contributed by atoms with E-state index in [1.165, 1.54) is 12.1 Å². The van der Waals surface area contributed by atoms with Crippen LogP contribution in [0.3, 0.4) is 0 Å². The Morgan fingerprint density at radius 2 is 1.71 bits per heavy atom. The first-order valence-corrected chi connectivity index (χ1v) is 13.1. The fourth-order valence-corrected chi connectivity index (χ4v) is 4.71. The molecule has 5 rings (SSSR count). The molecule has 208 valence electrons. The fourth-order valence-electron chi connectivity index (χ4n) is 4.71. The number of halogens is 1. The van der Waals surface area contributed by atoms with Crippen LogP contribution in [0.1, 0.15) is 28.1 Å². The Labute approximate surface area is 237 Å². The Morgan fingerprint density at radius 3 is 2.41 bits per heavy atom. The first-order valence-electron chi connectivity index (χ1n) is 13.1. The largest absolute Gasteiger partial charge is 0.489 e. The van der Waals surface area contributed by atoms with Gasteiger partial charge in [0.25, 0.3) is 5.91 Å². The molecule has 0 bridgehead atoms. The van der Waals surface area contributed by atoms with Gasteiger partial charge in [-0.05, 0) is 98.1 Å². The highest BCUT2D eigenvalue weighted by molar-refractivity contribution is 6.16. The molecule has 0 unspecified atom stereocenters. The lowest BCUT2D eigenvalue weighted by Crippen LogP contribution is -2.38. The van der Waals surface area contributed by atoms with Gasteiger partial charge in [-0.2, -0.15) is 0 Å². The molecule has 4 amide bonds. The van der Waals surface area contributed by atoms with Crippen LogP contribution in [0.4, 0.5) is 14.9 Å². The van der Waals surface area contributed by atoms with E-state index < -0.39 is 24.4 Å². The molecule has 41 heavy (non-hydrogen) atoms. The van der Waals surface area contributed by atoms with Crippen LogP contribution >= 0.6 is 0 Å². The molecular weight excluding hydrogens is 523 g/mol. The Bertz CT molecular complexity index is 1660. The van der Waals surface area contributed by atoms with E-state index in [1.807, 2.05) is 67.8 Å². The predicted molar refractivity (Wildman–Crippen MR) is 154 cm³/mol. The summed E-state index contributed by atoms with van der Waals surface area (Å²) in [5.41, 5.74) is 5.99. The highest BCUT2D eigenvalue weighted by Gasteiger charge is 2.35. The third-order valence-corrected chi connectivity index (χ3v) is 6.75. The zero-order chi connectivity index (χ0) is 29.1. The molecule has 1 aromatic heterocycles. The van der Waals surface area contributed by atoms with E-state index in [4.69, 9.17) is 4.74 Å². The maximum Gasteiger partial charge on any atom is 0.329 e. The number of anilines is 1. The van der Waals surface area contributed by atoms with E-state index in [0.29, 0.717) is 18.0 Å². The summed E-state index contributed by atoms with van der Waals surface area (Å²) in [6.45, 7) is 5.70. The van der Waals surface area contributed by atoms with Gasteiger partial charge in [0.15, 0.2) is 0 Å². The Morgan fingerprint density at radius 1 is 0.976 bits per heavy atom. The minimum Gasteiger partial charge on any atom is -0.489 e. The maximum absolute atomic E-state index is 13.1. The summed E-state index contributed by atoms with van der Waals surface area (Å²) in [6.07, 6.45) is 1.62. The van der Waals surface area contributed by atoms with Crippen molar-refractivity contribution in [1.82, 2.24) is 14.8 Å². The zero-order valence-corrected chi connectivity index (χ0v) is 22.9.